The zero-order valence-corrected chi connectivity index (χ0v) is 16.0. The van der Waals surface area contributed by atoms with Gasteiger partial charge in [-0.15, -0.1) is 0 Å². The Bertz CT molecular complexity index is 999. The van der Waals surface area contributed by atoms with E-state index in [1.165, 1.54) is 11.1 Å². The molecule has 0 atom stereocenters. The third-order valence-electron chi connectivity index (χ3n) is 4.59. The maximum atomic E-state index is 12.6. The Hall–Kier alpha value is -2.34. The highest BCUT2D eigenvalue weighted by Crippen LogP contribution is 2.22. The van der Waals surface area contributed by atoms with Gasteiger partial charge in [-0.25, -0.2) is 0 Å². The monoisotopic (exact) mass is 400 g/mol. The van der Waals surface area contributed by atoms with Crippen LogP contribution in [0.1, 0.15) is 27.0 Å². The molecule has 0 radical (unpaired) electrons. The van der Waals surface area contributed by atoms with Gasteiger partial charge in [0.25, 0.3) is 5.91 Å². The molecule has 27 heavy (non-hydrogen) atoms. The molecule has 0 saturated carbocycles. The highest BCUT2D eigenvalue weighted by atomic mass is 35.5. The standard InChI is InChI=1S/C20H18Cl2N4O/c21-17-4-3-16(19(22)8-17)11-26-12-18(10-24-26)25-20(27)14-1-2-15-9-23-6-5-13(15)7-14/h1-4,7-8,10,12,23H,5-6,9,11H2,(H,25,27). The van der Waals surface area contributed by atoms with E-state index < -0.39 is 0 Å². The van der Waals surface area contributed by atoms with Crippen molar-refractivity contribution in [3.63, 3.8) is 0 Å². The van der Waals surface area contributed by atoms with Gasteiger partial charge in [-0.05, 0) is 53.9 Å². The number of carbonyl (C=O) groups is 1. The lowest BCUT2D eigenvalue weighted by Gasteiger charge is -2.17. The van der Waals surface area contributed by atoms with Crippen LogP contribution in [0.15, 0.2) is 48.8 Å². The molecule has 4 rings (SSSR count). The predicted octanol–water partition coefficient (Wildman–Crippen LogP) is 4.14. The average Bonchev–Trinajstić information content (AvgIpc) is 3.10. The van der Waals surface area contributed by atoms with Gasteiger partial charge in [0.15, 0.2) is 0 Å². The van der Waals surface area contributed by atoms with Gasteiger partial charge < -0.3 is 10.6 Å². The smallest absolute Gasteiger partial charge is 0.255 e. The molecule has 0 saturated heterocycles. The van der Waals surface area contributed by atoms with Crippen LogP contribution in [-0.2, 0) is 19.5 Å². The Morgan fingerprint density at radius 3 is 2.93 bits per heavy atom. The molecular formula is C20H18Cl2N4O. The fourth-order valence-electron chi connectivity index (χ4n) is 3.16. The number of carbonyl (C=O) groups excluding carboxylic acids is 1. The summed E-state index contributed by atoms with van der Waals surface area (Å²) in [6.45, 7) is 2.30. The van der Waals surface area contributed by atoms with Crippen LogP contribution in [0, 0.1) is 0 Å². The highest BCUT2D eigenvalue weighted by Gasteiger charge is 2.13. The van der Waals surface area contributed by atoms with Crippen molar-refractivity contribution in [2.24, 2.45) is 0 Å². The number of anilines is 1. The highest BCUT2D eigenvalue weighted by molar-refractivity contribution is 6.35. The van der Waals surface area contributed by atoms with E-state index >= 15 is 0 Å². The quantitative estimate of drug-likeness (QED) is 0.691. The van der Waals surface area contributed by atoms with Crippen LogP contribution in [0.5, 0.6) is 0 Å². The summed E-state index contributed by atoms with van der Waals surface area (Å²) >= 11 is 12.1. The Kier molecular flexibility index (Phi) is 5.16. The summed E-state index contributed by atoms with van der Waals surface area (Å²) < 4.78 is 1.73. The number of amides is 1. The third-order valence-corrected chi connectivity index (χ3v) is 5.18. The topological polar surface area (TPSA) is 59.0 Å². The van der Waals surface area contributed by atoms with Crippen molar-refractivity contribution >= 4 is 34.8 Å². The van der Waals surface area contributed by atoms with Crippen LogP contribution in [-0.4, -0.2) is 22.2 Å². The first-order valence-electron chi connectivity index (χ1n) is 8.69. The molecule has 0 bridgehead atoms. The summed E-state index contributed by atoms with van der Waals surface area (Å²) in [7, 11) is 0. The number of rotatable bonds is 4. The molecule has 0 aliphatic carbocycles. The van der Waals surface area contributed by atoms with Crippen molar-refractivity contribution in [1.82, 2.24) is 15.1 Å². The van der Waals surface area contributed by atoms with Gasteiger partial charge >= 0.3 is 0 Å². The second-order valence-electron chi connectivity index (χ2n) is 6.53. The van der Waals surface area contributed by atoms with Crippen molar-refractivity contribution in [3.05, 3.63) is 81.1 Å². The maximum absolute atomic E-state index is 12.6. The summed E-state index contributed by atoms with van der Waals surface area (Å²) in [5, 5.41) is 11.7. The second-order valence-corrected chi connectivity index (χ2v) is 7.37. The molecule has 138 valence electrons. The normalized spacial score (nSPS) is 13.3. The summed E-state index contributed by atoms with van der Waals surface area (Å²) in [5.41, 5.74) is 4.69. The summed E-state index contributed by atoms with van der Waals surface area (Å²) in [6.07, 6.45) is 4.35. The van der Waals surface area contributed by atoms with Crippen molar-refractivity contribution in [1.29, 1.82) is 0 Å². The molecule has 2 N–H and O–H groups in total. The molecule has 0 unspecified atom stereocenters. The molecule has 1 aromatic heterocycles. The number of nitrogens with zero attached hydrogens (tertiary/aromatic N) is 2. The summed E-state index contributed by atoms with van der Waals surface area (Å²) in [6, 6.07) is 11.2. The van der Waals surface area contributed by atoms with Crippen molar-refractivity contribution in [3.8, 4) is 0 Å². The van der Waals surface area contributed by atoms with Crippen LogP contribution >= 0.6 is 23.2 Å². The van der Waals surface area contributed by atoms with E-state index in [-0.39, 0.29) is 5.91 Å². The van der Waals surface area contributed by atoms with Crippen molar-refractivity contribution < 1.29 is 4.79 Å². The van der Waals surface area contributed by atoms with Crippen molar-refractivity contribution in [2.75, 3.05) is 11.9 Å². The van der Waals surface area contributed by atoms with Gasteiger partial charge in [-0.1, -0.05) is 35.3 Å². The lowest BCUT2D eigenvalue weighted by molar-refractivity contribution is 0.102. The fourth-order valence-corrected chi connectivity index (χ4v) is 3.63. The molecule has 7 heteroatoms. The van der Waals surface area contributed by atoms with E-state index in [4.69, 9.17) is 23.2 Å². The van der Waals surface area contributed by atoms with Gasteiger partial charge in [0.2, 0.25) is 0 Å². The van der Waals surface area contributed by atoms with Crippen molar-refractivity contribution in [2.45, 2.75) is 19.5 Å². The van der Waals surface area contributed by atoms with E-state index in [9.17, 15) is 4.79 Å². The van der Waals surface area contributed by atoms with Gasteiger partial charge in [-0.2, -0.15) is 5.10 Å². The maximum Gasteiger partial charge on any atom is 0.255 e. The van der Waals surface area contributed by atoms with Crippen LogP contribution < -0.4 is 10.6 Å². The first-order valence-corrected chi connectivity index (χ1v) is 9.44. The van der Waals surface area contributed by atoms with Gasteiger partial charge in [0.05, 0.1) is 18.4 Å². The average molecular weight is 401 g/mol. The van der Waals surface area contributed by atoms with Crippen LogP contribution in [0.4, 0.5) is 5.69 Å². The molecule has 2 aromatic carbocycles. The third kappa shape index (κ3) is 4.16. The molecule has 3 aromatic rings. The molecule has 5 nitrogen and oxygen atoms in total. The predicted molar refractivity (Wildman–Crippen MR) is 108 cm³/mol. The minimum Gasteiger partial charge on any atom is -0.319 e. The summed E-state index contributed by atoms with van der Waals surface area (Å²) in [5.74, 6) is -0.139. The van der Waals surface area contributed by atoms with Crippen LogP contribution in [0.25, 0.3) is 0 Å². The number of fused-ring (bicyclic) bond motifs is 1. The lowest BCUT2D eigenvalue weighted by Crippen LogP contribution is -2.24. The van der Waals surface area contributed by atoms with Crippen LogP contribution in [0.2, 0.25) is 10.0 Å². The van der Waals surface area contributed by atoms with E-state index in [1.807, 2.05) is 24.3 Å². The van der Waals surface area contributed by atoms with E-state index in [2.05, 4.69) is 15.7 Å². The largest absolute Gasteiger partial charge is 0.319 e. The number of hydrogen-bond donors (Lipinski definition) is 2. The Morgan fingerprint density at radius 1 is 1.19 bits per heavy atom. The zero-order valence-electron chi connectivity index (χ0n) is 14.5. The molecule has 1 aliphatic heterocycles. The number of nitrogens with one attached hydrogen (secondary N) is 2. The lowest BCUT2D eigenvalue weighted by atomic mass is 9.98. The van der Waals surface area contributed by atoms with E-state index in [0.29, 0.717) is 27.8 Å². The first kappa shape index (κ1) is 18.0. The number of hydrogen-bond acceptors (Lipinski definition) is 3. The van der Waals surface area contributed by atoms with Crippen LogP contribution in [0.3, 0.4) is 0 Å². The Balaban J connectivity index is 1.45. The number of benzene rings is 2. The molecular weight excluding hydrogens is 383 g/mol. The van der Waals surface area contributed by atoms with E-state index in [0.717, 1.165) is 25.1 Å². The molecule has 0 fully saturated rings. The molecule has 1 amide bonds. The minimum absolute atomic E-state index is 0.139. The summed E-state index contributed by atoms with van der Waals surface area (Å²) in [4.78, 5) is 12.6. The first-order chi connectivity index (χ1) is 13.1. The fraction of sp³-hybridized carbons (Fsp3) is 0.200. The Morgan fingerprint density at radius 2 is 2.07 bits per heavy atom. The molecule has 0 spiro atoms. The SMILES string of the molecule is O=C(Nc1cnn(Cc2ccc(Cl)cc2Cl)c1)c1ccc2c(c1)CCNC2. The minimum atomic E-state index is -0.139. The molecule has 2 heterocycles. The molecule has 1 aliphatic rings. The van der Waals surface area contributed by atoms with Gasteiger partial charge in [0, 0.05) is 28.4 Å². The van der Waals surface area contributed by atoms with Gasteiger partial charge in [0.1, 0.15) is 0 Å². The van der Waals surface area contributed by atoms with Gasteiger partial charge in [-0.3, -0.25) is 9.48 Å². The number of halogens is 2. The second kappa shape index (κ2) is 7.72. The Labute approximate surface area is 167 Å². The zero-order chi connectivity index (χ0) is 18.8. The number of aromatic nitrogens is 2. The van der Waals surface area contributed by atoms with E-state index in [1.54, 1.807) is 29.2 Å².